The molecule has 1 aliphatic heterocycles. The second-order valence-electron chi connectivity index (χ2n) is 4.96. The van der Waals surface area contributed by atoms with Crippen LogP contribution in [0.4, 0.5) is 0 Å². The van der Waals surface area contributed by atoms with Crippen LogP contribution >= 0.6 is 0 Å². The van der Waals surface area contributed by atoms with Gasteiger partial charge in [0.25, 0.3) is 0 Å². The zero-order valence-electron chi connectivity index (χ0n) is 10.9. The van der Waals surface area contributed by atoms with Crippen LogP contribution in [-0.2, 0) is 0 Å². The molecule has 1 fully saturated rings. The van der Waals surface area contributed by atoms with Crippen LogP contribution < -0.4 is 15.8 Å². The van der Waals surface area contributed by atoms with Gasteiger partial charge in [0, 0.05) is 6.04 Å². The summed E-state index contributed by atoms with van der Waals surface area (Å²) in [6, 6.07) is 4.40. The summed E-state index contributed by atoms with van der Waals surface area (Å²) in [5, 5.41) is 3.37. The zero-order chi connectivity index (χ0) is 12.4. The standard InChI is InChI=1S/C14H22N2O/c1-9-7-13(17-3)10(2)6-12(9)14(15)11-4-5-16-8-11/h6-7,11,14,16H,4-5,8,15H2,1-3H3. The van der Waals surface area contributed by atoms with E-state index in [1.165, 1.54) is 17.5 Å². The van der Waals surface area contributed by atoms with E-state index >= 15 is 0 Å². The third-order valence-electron chi connectivity index (χ3n) is 3.75. The molecule has 0 saturated carbocycles. The molecule has 0 spiro atoms. The van der Waals surface area contributed by atoms with Crippen LogP contribution in [0.15, 0.2) is 12.1 Å². The van der Waals surface area contributed by atoms with E-state index in [0.29, 0.717) is 5.92 Å². The van der Waals surface area contributed by atoms with E-state index in [1.54, 1.807) is 7.11 Å². The summed E-state index contributed by atoms with van der Waals surface area (Å²) >= 11 is 0. The van der Waals surface area contributed by atoms with Gasteiger partial charge in [0.2, 0.25) is 0 Å². The van der Waals surface area contributed by atoms with Gasteiger partial charge in [0.15, 0.2) is 0 Å². The Morgan fingerprint density at radius 2 is 2.12 bits per heavy atom. The predicted octanol–water partition coefficient (Wildman–Crippen LogP) is 1.92. The number of benzene rings is 1. The van der Waals surface area contributed by atoms with Crippen LogP contribution in [0.3, 0.4) is 0 Å². The maximum Gasteiger partial charge on any atom is 0.122 e. The monoisotopic (exact) mass is 234 g/mol. The normalized spacial score (nSPS) is 21.5. The number of nitrogens with two attached hydrogens (primary N) is 1. The minimum atomic E-state index is 0.134. The summed E-state index contributed by atoms with van der Waals surface area (Å²) in [7, 11) is 1.71. The Morgan fingerprint density at radius 1 is 1.35 bits per heavy atom. The van der Waals surface area contributed by atoms with Gasteiger partial charge in [0.1, 0.15) is 5.75 Å². The molecule has 3 N–H and O–H groups in total. The first kappa shape index (κ1) is 12.4. The Morgan fingerprint density at radius 3 is 2.71 bits per heavy atom. The van der Waals surface area contributed by atoms with Gasteiger partial charge in [-0.25, -0.2) is 0 Å². The molecule has 17 heavy (non-hydrogen) atoms. The predicted molar refractivity (Wildman–Crippen MR) is 70.4 cm³/mol. The fourth-order valence-corrected chi connectivity index (χ4v) is 2.63. The average molecular weight is 234 g/mol. The number of hydrogen-bond acceptors (Lipinski definition) is 3. The molecule has 2 unspecified atom stereocenters. The molecule has 0 aromatic heterocycles. The molecule has 0 aliphatic carbocycles. The number of nitrogens with one attached hydrogen (secondary N) is 1. The lowest BCUT2D eigenvalue weighted by Gasteiger charge is -2.22. The van der Waals surface area contributed by atoms with Gasteiger partial charge >= 0.3 is 0 Å². The van der Waals surface area contributed by atoms with Crippen LogP contribution in [0.25, 0.3) is 0 Å². The summed E-state index contributed by atoms with van der Waals surface area (Å²) in [5.74, 6) is 1.50. The van der Waals surface area contributed by atoms with Gasteiger partial charge in [-0.15, -0.1) is 0 Å². The van der Waals surface area contributed by atoms with Crippen molar-refractivity contribution in [2.24, 2.45) is 11.7 Å². The van der Waals surface area contributed by atoms with E-state index in [1.807, 2.05) is 0 Å². The van der Waals surface area contributed by atoms with E-state index in [0.717, 1.165) is 24.4 Å². The van der Waals surface area contributed by atoms with Crippen molar-refractivity contribution in [3.63, 3.8) is 0 Å². The minimum absolute atomic E-state index is 0.134. The lowest BCUT2D eigenvalue weighted by atomic mass is 9.89. The SMILES string of the molecule is COc1cc(C)c(C(N)C2CCNC2)cc1C. The Balaban J connectivity index is 2.28. The smallest absolute Gasteiger partial charge is 0.122 e. The van der Waals surface area contributed by atoms with E-state index in [-0.39, 0.29) is 6.04 Å². The van der Waals surface area contributed by atoms with Crippen LogP contribution in [0.5, 0.6) is 5.75 Å². The van der Waals surface area contributed by atoms with E-state index in [9.17, 15) is 0 Å². The van der Waals surface area contributed by atoms with Crippen molar-refractivity contribution in [1.29, 1.82) is 0 Å². The number of aryl methyl sites for hydroxylation is 2. The molecule has 94 valence electrons. The second-order valence-corrected chi connectivity index (χ2v) is 4.96. The first-order valence-electron chi connectivity index (χ1n) is 6.25. The van der Waals surface area contributed by atoms with E-state index in [2.05, 4.69) is 31.3 Å². The topological polar surface area (TPSA) is 47.3 Å². The number of rotatable bonds is 3. The molecule has 2 atom stereocenters. The van der Waals surface area contributed by atoms with Gasteiger partial charge in [-0.05, 0) is 62.0 Å². The van der Waals surface area contributed by atoms with Gasteiger partial charge in [-0.3, -0.25) is 0 Å². The first-order valence-corrected chi connectivity index (χ1v) is 6.25. The maximum atomic E-state index is 6.38. The summed E-state index contributed by atoms with van der Waals surface area (Å²) < 4.78 is 5.33. The Kier molecular flexibility index (Phi) is 3.69. The van der Waals surface area contributed by atoms with Crippen molar-refractivity contribution < 1.29 is 4.74 Å². The third kappa shape index (κ3) is 2.45. The molecule has 1 aromatic carbocycles. The molecule has 2 rings (SSSR count). The Bertz CT molecular complexity index is 397. The van der Waals surface area contributed by atoms with Crippen molar-refractivity contribution in [3.8, 4) is 5.75 Å². The van der Waals surface area contributed by atoms with Crippen LogP contribution in [-0.4, -0.2) is 20.2 Å². The number of ether oxygens (including phenoxy) is 1. The van der Waals surface area contributed by atoms with Crippen molar-refractivity contribution in [3.05, 3.63) is 28.8 Å². The highest BCUT2D eigenvalue weighted by Gasteiger charge is 2.24. The zero-order valence-corrected chi connectivity index (χ0v) is 10.9. The molecule has 0 radical (unpaired) electrons. The lowest BCUT2D eigenvalue weighted by Crippen LogP contribution is -2.24. The van der Waals surface area contributed by atoms with Gasteiger partial charge < -0.3 is 15.8 Å². The lowest BCUT2D eigenvalue weighted by molar-refractivity contribution is 0.410. The number of methoxy groups -OCH3 is 1. The largest absolute Gasteiger partial charge is 0.496 e. The molecule has 1 heterocycles. The molecule has 0 amide bonds. The third-order valence-corrected chi connectivity index (χ3v) is 3.75. The minimum Gasteiger partial charge on any atom is -0.496 e. The van der Waals surface area contributed by atoms with Crippen molar-refractivity contribution in [2.45, 2.75) is 26.3 Å². The first-order chi connectivity index (χ1) is 8.13. The van der Waals surface area contributed by atoms with E-state index in [4.69, 9.17) is 10.5 Å². The summed E-state index contributed by atoms with van der Waals surface area (Å²) in [6.45, 7) is 6.30. The molecule has 0 bridgehead atoms. The fraction of sp³-hybridized carbons (Fsp3) is 0.571. The van der Waals surface area contributed by atoms with Gasteiger partial charge in [0.05, 0.1) is 7.11 Å². The van der Waals surface area contributed by atoms with Crippen LogP contribution in [0.2, 0.25) is 0 Å². The summed E-state index contributed by atoms with van der Waals surface area (Å²) in [4.78, 5) is 0. The van der Waals surface area contributed by atoms with Gasteiger partial charge in [-0.2, -0.15) is 0 Å². The average Bonchev–Trinajstić information content (AvgIpc) is 2.84. The molecular formula is C14H22N2O. The Hall–Kier alpha value is -1.06. The highest BCUT2D eigenvalue weighted by atomic mass is 16.5. The molecule has 1 saturated heterocycles. The van der Waals surface area contributed by atoms with Crippen molar-refractivity contribution in [2.75, 3.05) is 20.2 Å². The van der Waals surface area contributed by atoms with Crippen LogP contribution in [0.1, 0.15) is 29.2 Å². The molecule has 1 aromatic rings. The van der Waals surface area contributed by atoms with Crippen molar-refractivity contribution >= 4 is 0 Å². The maximum absolute atomic E-state index is 6.38. The van der Waals surface area contributed by atoms with Gasteiger partial charge in [-0.1, -0.05) is 6.07 Å². The van der Waals surface area contributed by atoms with Crippen molar-refractivity contribution in [1.82, 2.24) is 5.32 Å². The highest BCUT2D eigenvalue weighted by molar-refractivity contribution is 5.43. The highest BCUT2D eigenvalue weighted by Crippen LogP contribution is 2.31. The Labute approximate surface area is 103 Å². The molecular weight excluding hydrogens is 212 g/mol. The van der Waals surface area contributed by atoms with Crippen LogP contribution in [0, 0.1) is 19.8 Å². The molecule has 3 heteroatoms. The quantitative estimate of drug-likeness (QED) is 0.840. The summed E-state index contributed by atoms with van der Waals surface area (Å²) in [6.07, 6.45) is 1.17. The number of hydrogen-bond donors (Lipinski definition) is 2. The molecule has 3 nitrogen and oxygen atoms in total. The molecule has 1 aliphatic rings. The fourth-order valence-electron chi connectivity index (χ4n) is 2.63. The summed E-state index contributed by atoms with van der Waals surface area (Å²) in [5.41, 5.74) is 10.0. The second kappa shape index (κ2) is 5.07. The van der Waals surface area contributed by atoms with E-state index < -0.39 is 0 Å².